The number of hydrogen-bond acceptors (Lipinski definition) is 1. The molecule has 0 radical (unpaired) electrons. The Morgan fingerprint density at radius 2 is 1.56 bits per heavy atom. The van der Waals surface area contributed by atoms with Gasteiger partial charge in [-0.15, -0.1) is 0 Å². The first kappa shape index (κ1) is 13.5. The molecule has 0 saturated heterocycles. The molecule has 1 heteroatoms. The van der Waals surface area contributed by atoms with Gasteiger partial charge in [-0.1, -0.05) is 56.9 Å². The topological polar surface area (TPSA) is 9.23 Å². The van der Waals surface area contributed by atoms with E-state index in [1.807, 2.05) is 0 Å². The van der Waals surface area contributed by atoms with Crippen molar-refractivity contribution >= 4 is 0 Å². The fraction of sp³-hybridized carbons (Fsp3) is 0.733. The van der Waals surface area contributed by atoms with Gasteiger partial charge in [-0.25, -0.2) is 0 Å². The first-order chi connectivity index (χ1) is 7.93. The van der Waals surface area contributed by atoms with Crippen LogP contribution in [0, 0.1) is 5.92 Å². The lowest BCUT2D eigenvalue weighted by molar-refractivity contribution is 0.127. The fourth-order valence-corrected chi connectivity index (χ4v) is 1.96. The first-order valence-corrected chi connectivity index (χ1v) is 6.86. The Kier molecular flexibility index (Phi) is 8.15. The van der Waals surface area contributed by atoms with E-state index < -0.39 is 0 Å². The molecule has 16 heavy (non-hydrogen) atoms. The van der Waals surface area contributed by atoms with E-state index in [0.29, 0.717) is 0 Å². The highest BCUT2D eigenvalue weighted by Crippen LogP contribution is 2.17. The minimum atomic E-state index is 0.723. The number of ether oxygens (including phenoxy) is 1. The molecule has 1 nitrogen and oxygen atoms in total. The van der Waals surface area contributed by atoms with E-state index in [9.17, 15) is 0 Å². The van der Waals surface area contributed by atoms with Crippen molar-refractivity contribution in [2.75, 3.05) is 13.2 Å². The number of hydrogen-bond donors (Lipinski definition) is 0. The van der Waals surface area contributed by atoms with Crippen LogP contribution in [-0.4, -0.2) is 13.2 Å². The second-order valence-corrected chi connectivity index (χ2v) is 4.60. The van der Waals surface area contributed by atoms with E-state index in [-0.39, 0.29) is 0 Å². The third-order valence-electron chi connectivity index (χ3n) is 3.05. The van der Waals surface area contributed by atoms with Crippen molar-refractivity contribution in [1.82, 2.24) is 0 Å². The van der Waals surface area contributed by atoms with Gasteiger partial charge in [0.25, 0.3) is 0 Å². The first-order valence-electron chi connectivity index (χ1n) is 6.86. The van der Waals surface area contributed by atoms with Gasteiger partial charge in [-0.2, -0.15) is 0 Å². The van der Waals surface area contributed by atoms with Gasteiger partial charge in [0.15, 0.2) is 0 Å². The molecule has 0 aliphatic heterocycles. The normalized spacial score (nSPS) is 15.1. The van der Waals surface area contributed by atoms with E-state index in [0.717, 1.165) is 19.1 Å². The van der Waals surface area contributed by atoms with Crippen molar-refractivity contribution in [3.05, 3.63) is 24.3 Å². The van der Waals surface area contributed by atoms with Gasteiger partial charge in [0, 0.05) is 13.2 Å². The summed E-state index contributed by atoms with van der Waals surface area (Å²) in [6, 6.07) is 0. The molecule has 0 saturated carbocycles. The molecule has 0 heterocycles. The van der Waals surface area contributed by atoms with Crippen molar-refractivity contribution in [2.24, 2.45) is 5.92 Å². The van der Waals surface area contributed by atoms with E-state index >= 15 is 0 Å². The number of allylic oxidation sites excluding steroid dienone is 4. The summed E-state index contributed by atoms with van der Waals surface area (Å²) in [4.78, 5) is 0. The molecule has 0 N–H and O–H groups in total. The predicted octanol–water partition coefficient (Wildman–Crippen LogP) is 4.50. The third-order valence-corrected chi connectivity index (χ3v) is 3.05. The molecule has 0 unspecified atom stereocenters. The minimum Gasteiger partial charge on any atom is -0.381 e. The summed E-state index contributed by atoms with van der Waals surface area (Å²) < 4.78 is 5.53. The maximum atomic E-state index is 5.53. The molecule has 0 atom stereocenters. The highest BCUT2D eigenvalue weighted by atomic mass is 16.5. The van der Waals surface area contributed by atoms with E-state index in [1.165, 1.54) is 44.9 Å². The molecule has 1 aliphatic carbocycles. The molecule has 0 fully saturated rings. The number of rotatable bonds is 10. The Morgan fingerprint density at radius 3 is 2.31 bits per heavy atom. The fourth-order valence-electron chi connectivity index (χ4n) is 1.96. The monoisotopic (exact) mass is 222 g/mol. The van der Waals surface area contributed by atoms with Crippen LogP contribution in [0.5, 0.6) is 0 Å². The van der Waals surface area contributed by atoms with E-state index in [4.69, 9.17) is 4.74 Å². The van der Waals surface area contributed by atoms with Crippen LogP contribution in [0.4, 0.5) is 0 Å². The maximum absolute atomic E-state index is 5.53. The second kappa shape index (κ2) is 9.65. The van der Waals surface area contributed by atoms with Crippen molar-refractivity contribution in [1.29, 1.82) is 0 Å². The van der Waals surface area contributed by atoms with Crippen molar-refractivity contribution in [3.8, 4) is 0 Å². The van der Waals surface area contributed by atoms with E-state index in [2.05, 4.69) is 31.2 Å². The van der Waals surface area contributed by atoms with Gasteiger partial charge in [-0.3, -0.25) is 0 Å². The molecule has 1 rings (SSSR count). The average molecular weight is 222 g/mol. The number of unbranched alkanes of at least 4 members (excludes halogenated alkanes) is 4. The van der Waals surface area contributed by atoms with Crippen LogP contribution in [0.15, 0.2) is 24.3 Å². The maximum Gasteiger partial charge on any atom is 0.0466 e. The molecule has 0 aromatic rings. The Morgan fingerprint density at radius 1 is 0.875 bits per heavy atom. The van der Waals surface area contributed by atoms with Crippen LogP contribution in [0.25, 0.3) is 0 Å². The molecule has 1 aliphatic rings. The van der Waals surface area contributed by atoms with Gasteiger partial charge in [-0.05, 0) is 25.2 Å². The second-order valence-electron chi connectivity index (χ2n) is 4.60. The zero-order valence-electron chi connectivity index (χ0n) is 10.7. The van der Waals surface area contributed by atoms with Crippen LogP contribution < -0.4 is 0 Å². The lowest BCUT2D eigenvalue weighted by Crippen LogP contribution is -1.96. The van der Waals surface area contributed by atoms with Crippen LogP contribution in [0.2, 0.25) is 0 Å². The van der Waals surface area contributed by atoms with Gasteiger partial charge in [0.1, 0.15) is 0 Å². The third kappa shape index (κ3) is 6.84. The average Bonchev–Trinajstić information content (AvgIpc) is 2.80. The molecule has 0 amide bonds. The zero-order chi connectivity index (χ0) is 11.5. The lowest BCUT2D eigenvalue weighted by Gasteiger charge is -2.05. The molecule has 0 aromatic carbocycles. The molecule has 92 valence electrons. The zero-order valence-corrected chi connectivity index (χ0v) is 10.7. The Balaban J connectivity index is 1.74. The van der Waals surface area contributed by atoms with Gasteiger partial charge >= 0.3 is 0 Å². The molecule has 0 bridgehead atoms. The summed E-state index contributed by atoms with van der Waals surface area (Å²) in [5.41, 5.74) is 0. The predicted molar refractivity (Wildman–Crippen MR) is 70.6 cm³/mol. The summed E-state index contributed by atoms with van der Waals surface area (Å²) >= 11 is 0. The quantitative estimate of drug-likeness (QED) is 0.495. The van der Waals surface area contributed by atoms with Crippen molar-refractivity contribution in [3.63, 3.8) is 0 Å². The SMILES string of the molecule is CCCCOCCCCCCC1C=CC=C1. The Labute approximate surface area is 101 Å². The summed E-state index contributed by atoms with van der Waals surface area (Å²) in [6.07, 6.45) is 18.0. The summed E-state index contributed by atoms with van der Waals surface area (Å²) in [5, 5.41) is 0. The van der Waals surface area contributed by atoms with Crippen LogP contribution in [-0.2, 0) is 4.74 Å². The molecular weight excluding hydrogens is 196 g/mol. The largest absolute Gasteiger partial charge is 0.381 e. The van der Waals surface area contributed by atoms with E-state index in [1.54, 1.807) is 0 Å². The summed E-state index contributed by atoms with van der Waals surface area (Å²) in [5.74, 6) is 0.723. The Bertz CT molecular complexity index is 193. The van der Waals surface area contributed by atoms with Gasteiger partial charge in [0.2, 0.25) is 0 Å². The lowest BCUT2D eigenvalue weighted by atomic mass is 10.0. The van der Waals surface area contributed by atoms with Crippen LogP contribution >= 0.6 is 0 Å². The Hall–Kier alpha value is -0.560. The van der Waals surface area contributed by atoms with Crippen LogP contribution in [0.3, 0.4) is 0 Å². The molecular formula is C15H26O. The highest BCUT2D eigenvalue weighted by molar-refractivity contribution is 5.17. The summed E-state index contributed by atoms with van der Waals surface area (Å²) in [7, 11) is 0. The smallest absolute Gasteiger partial charge is 0.0466 e. The minimum absolute atomic E-state index is 0.723. The van der Waals surface area contributed by atoms with Crippen LogP contribution in [0.1, 0.15) is 51.9 Å². The molecule has 0 spiro atoms. The van der Waals surface area contributed by atoms with Gasteiger partial charge < -0.3 is 4.74 Å². The summed E-state index contributed by atoms with van der Waals surface area (Å²) in [6.45, 7) is 4.12. The standard InChI is InChI=1S/C15H26O/c1-2-3-13-16-14-9-5-4-6-10-15-11-7-8-12-15/h7-8,11-12,15H,2-6,9-10,13-14H2,1H3. The van der Waals surface area contributed by atoms with Gasteiger partial charge in [0.05, 0.1) is 0 Å². The van der Waals surface area contributed by atoms with Crippen molar-refractivity contribution in [2.45, 2.75) is 51.9 Å². The van der Waals surface area contributed by atoms with Crippen molar-refractivity contribution < 1.29 is 4.74 Å². The highest BCUT2D eigenvalue weighted by Gasteiger charge is 2.02. The molecule has 0 aromatic heterocycles.